The molecule has 0 radical (unpaired) electrons. The number of anilines is 2. The third-order valence-corrected chi connectivity index (χ3v) is 4.49. The number of carbonyl (C=O) groups excluding carboxylic acids is 1. The average Bonchev–Trinajstić information content (AvgIpc) is 2.98. The summed E-state index contributed by atoms with van der Waals surface area (Å²) in [4.78, 5) is 21.7. The molecule has 5 nitrogen and oxygen atoms in total. The van der Waals surface area contributed by atoms with Gasteiger partial charge >= 0.3 is 0 Å². The molecule has 1 aromatic carbocycles. The van der Waals surface area contributed by atoms with Crippen molar-refractivity contribution in [1.29, 1.82) is 0 Å². The maximum absolute atomic E-state index is 13.2. The number of nitrogens with zero attached hydrogens (tertiary/aromatic N) is 4. The van der Waals surface area contributed by atoms with E-state index in [1.165, 1.54) is 0 Å². The number of amides is 1. The number of benzene rings is 1. The van der Waals surface area contributed by atoms with Crippen LogP contribution in [0, 0.1) is 5.92 Å². The van der Waals surface area contributed by atoms with E-state index in [-0.39, 0.29) is 5.91 Å². The highest BCUT2D eigenvalue weighted by Gasteiger charge is 2.28. The fourth-order valence-electron chi connectivity index (χ4n) is 3.42. The monoisotopic (exact) mass is 320 g/mol. The summed E-state index contributed by atoms with van der Waals surface area (Å²) in [7, 11) is 2.08. The number of imidazole rings is 1. The first-order valence-electron chi connectivity index (χ1n) is 8.19. The molecule has 0 bridgehead atoms. The van der Waals surface area contributed by atoms with Gasteiger partial charge in [0.2, 0.25) is 0 Å². The van der Waals surface area contributed by atoms with E-state index in [0.29, 0.717) is 18.2 Å². The second-order valence-electron chi connectivity index (χ2n) is 6.48. The van der Waals surface area contributed by atoms with Crippen molar-refractivity contribution in [3.63, 3.8) is 0 Å². The largest absolute Gasteiger partial charge is 0.373 e. The van der Waals surface area contributed by atoms with Gasteiger partial charge in [0.25, 0.3) is 5.91 Å². The third kappa shape index (κ3) is 2.42. The van der Waals surface area contributed by atoms with E-state index in [1.54, 1.807) is 6.20 Å². The summed E-state index contributed by atoms with van der Waals surface area (Å²) in [6, 6.07) is 13.8. The van der Waals surface area contributed by atoms with Crippen LogP contribution in [0.15, 0.2) is 54.9 Å². The SMILES string of the molecule is C[C@@H]1CN(C)c2ccccc2N(C(=O)c2cn3ccccc3n2)C1. The zero-order chi connectivity index (χ0) is 16.7. The zero-order valence-corrected chi connectivity index (χ0v) is 13.9. The molecule has 0 spiro atoms. The third-order valence-electron chi connectivity index (χ3n) is 4.49. The van der Waals surface area contributed by atoms with Crippen LogP contribution in [0.25, 0.3) is 5.65 Å². The fraction of sp³-hybridized carbons (Fsp3) is 0.263. The summed E-state index contributed by atoms with van der Waals surface area (Å²) in [5, 5.41) is 0. The molecule has 1 aliphatic rings. The summed E-state index contributed by atoms with van der Waals surface area (Å²) in [6.07, 6.45) is 3.71. The van der Waals surface area contributed by atoms with Crippen molar-refractivity contribution in [3.05, 3.63) is 60.6 Å². The van der Waals surface area contributed by atoms with Gasteiger partial charge in [0, 0.05) is 32.5 Å². The Balaban J connectivity index is 1.78. The Hall–Kier alpha value is -2.82. The lowest BCUT2D eigenvalue weighted by atomic mass is 10.1. The summed E-state index contributed by atoms with van der Waals surface area (Å²) in [6.45, 7) is 3.78. The number of hydrogen-bond acceptors (Lipinski definition) is 3. The van der Waals surface area contributed by atoms with Crippen LogP contribution in [0.5, 0.6) is 0 Å². The Bertz CT molecular complexity index is 868. The van der Waals surface area contributed by atoms with E-state index >= 15 is 0 Å². The minimum Gasteiger partial charge on any atom is -0.373 e. The van der Waals surface area contributed by atoms with Crippen molar-refractivity contribution in [3.8, 4) is 0 Å². The predicted octanol–water partition coefficient (Wildman–Crippen LogP) is 3.07. The molecule has 3 aromatic rings. The molecule has 24 heavy (non-hydrogen) atoms. The van der Waals surface area contributed by atoms with Crippen molar-refractivity contribution >= 4 is 22.9 Å². The second kappa shape index (κ2) is 5.67. The van der Waals surface area contributed by atoms with Crippen LogP contribution in [0.1, 0.15) is 17.4 Å². The quantitative estimate of drug-likeness (QED) is 0.692. The first-order chi connectivity index (χ1) is 11.6. The molecule has 1 atom stereocenters. The Labute approximate surface area is 141 Å². The van der Waals surface area contributed by atoms with E-state index < -0.39 is 0 Å². The summed E-state index contributed by atoms with van der Waals surface area (Å²) in [5.41, 5.74) is 3.30. The molecular weight excluding hydrogens is 300 g/mol. The van der Waals surface area contributed by atoms with Crippen LogP contribution < -0.4 is 9.80 Å². The first kappa shape index (κ1) is 14.8. The highest BCUT2D eigenvalue weighted by atomic mass is 16.2. The van der Waals surface area contributed by atoms with Gasteiger partial charge in [-0.2, -0.15) is 0 Å². The van der Waals surface area contributed by atoms with E-state index in [4.69, 9.17) is 0 Å². The number of carbonyl (C=O) groups is 1. The van der Waals surface area contributed by atoms with E-state index in [1.807, 2.05) is 51.9 Å². The van der Waals surface area contributed by atoms with Gasteiger partial charge in [0.15, 0.2) is 0 Å². The molecule has 0 aliphatic carbocycles. The number of rotatable bonds is 1. The maximum Gasteiger partial charge on any atom is 0.278 e. The van der Waals surface area contributed by atoms with Crippen LogP contribution in [0.4, 0.5) is 11.4 Å². The molecule has 1 aliphatic heterocycles. The van der Waals surface area contributed by atoms with Gasteiger partial charge in [-0.1, -0.05) is 25.1 Å². The lowest BCUT2D eigenvalue weighted by Crippen LogP contribution is -2.35. The Morgan fingerprint density at radius 3 is 2.62 bits per heavy atom. The molecule has 1 amide bonds. The smallest absolute Gasteiger partial charge is 0.278 e. The van der Waals surface area contributed by atoms with E-state index in [2.05, 4.69) is 29.9 Å². The van der Waals surface area contributed by atoms with E-state index in [0.717, 1.165) is 23.6 Å². The number of aromatic nitrogens is 2. The summed E-state index contributed by atoms with van der Waals surface area (Å²) >= 11 is 0. The molecular formula is C19H20N4O. The van der Waals surface area contributed by atoms with Crippen molar-refractivity contribution in [2.45, 2.75) is 6.92 Å². The number of pyridine rings is 1. The van der Waals surface area contributed by atoms with Crippen LogP contribution in [-0.4, -0.2) is 35.4 Å². The average molecular weight is 320 g/mol. The maximum atomic E-state index is 13.2. The van der Waals surface area contributed by atoms with Gasteiger partial charge in [-0.25, -0.2) is 4.98 Å². The Kier molecular flexibility index (Phi) is 3.49. The lowest BCUT2D eigenvalue weighted by Gasteiger charge is -2.23. The predicted molar refractivity (Wildman–Crippen MR) is 95.7 cm³/mol. The molecule has 5 heteroatoms. The van der Waals surface area contributed by atoms with Gasteiger partial charge in [0.1, 0.15) is 11.3 Å². The molecule has 0 N–H and O–H groups in total. The molecule has 0 saturated heterocycles. The summed E-state index contributed by atoms with van der Waals surface area (Å²) < 4.78 is 1.88. The molecule has 0 unspecified atom stereocenters. The van der Waals surface area contributed by atoms with Crippen molar-refractivity contribution in [1.82, 2.24) is 9.38 Å². The van der Waals surface area contributed by atoms with Gasteiger partial charge < -0.3 is 14.2 Å². The zero-order valence-electron chi connectivity index (χ0n) is 13.9. The first-order valence-corrected chi connectivity index (χ1v) is 8.19. The molecule has 0 fully saturated rings. The van der Waals surface area contributed by atoms with Crippen LogP contribution in [-0.2, 0) is 0 Å². The topological polar surface area (TPSA) is 40.9 Å². The van der Waals surface area contributed by atoms with Crippen molar-refractivity contribution in [2.75, 3.05) is 29.9 Å². The molecule has 4 rings (SSSR count). The van der Waals surface area contributed by atoms with Crippen LogP contribution in [0.3, 0.4) is 0 Å². The molecule has 2 aromatic heterocycles. The highest BCUT2D eigenvalue weighted by molar-refractivity contribution is 6.07. The minimum atomic E-state index is -0.0479. The normalized spacial score (nSPS) is 17.7. The minimum absolute atomic E-state index is 0.0479. The Morgan fingerprint density at radius 1 is 1.08 bits per heavy atom. The van der Waals surface area contributed by atoms with Crippen LogP contribution >= 0.6 is 0 Å². The van der Waals surface area contributed by atoms with Gasteiger partial charge in [-0.15, -0.1) is 0 Å². The van der Waals surface area contributed by atoms with Gasteiger partial charge in [-0.05, 0) is 30.2 Å². The summed E-state index contributed by atoms with van der Waals surface area (Å²) in [5.74, 6) is 0.330. The lowest BCUT2D eigenvalue weighted by molar-refractivity contribution is 0.0980. The second-order valence-corrected chi connectivity index (χ2v) is 6.48. The number of para-hydroxylation sites is 2. The molecule has 0 saturated carbocycles. The van der Waals surface area contributed by atoms with Crippen molar-refractivity contribution in [2.24, 2.45) is 5.92 Å². The number of hydrogen-bond donors (Lipinski definition) is 0. The van der Waals surface area contributed by atoms with Gasteiger partial charge in [-0.3, -0.25) is 4.79 Å². The van der Waals surface area contributed by atoms with Crippen LogP contribution in [0.2, 0.25) is 0 Å². The van der Waals surface area contributed by atoms with Gasteiger partial charge in [0.05, 0.1) is 11.4 Å². The molecule has 122 valence electrons. The number of fused-ring (bicyclic) bond motifs is 2. The molecule has 3 heterocycles. The Morgan fingerprint density at radius 2 is 1.83 bits per heavy atom. The fourth-order valence-corrected chi connectivity index (χ4v) is 3.42. The highest BCUT2D eigenvalue weighted by Crippen LogP contribution is 2.33. The van der Waals surface area contributed by atoms with E-state index in [9.17, 15) is 4.79 Å². The standard InChI is InChI=1S/C19H20N4O/c1-14-11-21(2)16-7-3-4-8-17(16)23(12-14)19(24)15-13-22-10-6-5-9-18(22)20-15/h3-10,13-14H,11-12H2,1-2H3/t14-/m1/s1. The van der Waals surface area contributed by atoms with Crippen molar-refractivity contribution < 1.29 is 4.79 Å².